The molecule has 6 heteroatoms. The highest BCUT2D eigenvalue weighted by Gasteiger charge is 2.47. The van der Waals surface area contributed by atoms with Gasteiger partial charge in [0.15, 0.2) is 0 Å². The molecule has 1 aromatic carbocycles. The maximum atomic E-state index is 12.3. The molecular weight excluding hydrogens is 300 g/mol. The minimum atomic E-state index is -3.13. The van der Waals surface area contributed by atoms with E-state index in [0.717, 1.165) is 24.8 Å². The lowest BCUT2D eigenvalue weighted by Crippen LogP contribution is -2.53. The fraction of sp³-hybridized carbons (Fsp3) is 0.562. The topological polar surface area (TPSA) is 57.7 Å². The van der Waals surface area contributed by atoms with E-state index >= 15 is 0 Å². The number of benzene rings is 1. The van der Waals surface area contributed by atoms with Crippen molar-refractivity contribution in [1.29, 1.82) is 0 Å². The summed E-state index contributed by atoms with van der Waals surface area (Å²) in [6, 6.07) is 10.00. The van der Waals surface area contributed by atoms with Gasteiger partial charge in [-0.25, -0.2) is 12.7 Å². The van der Waals surface area contributed by atoms with E-state index in [2.05, 4.69) is 0 Å². The molecule has 0 radical (unpaired) electrons. The van der Waals surface area contributed by atoms with E-state index in [4.69, 9.17) is 0 Å². The average molecular weight is 322 g/mol. The maximum Gasteiger partial charge on any atom is 0.223 e. The number of sulfonamides is 1. The van der Waals surface area contributed by atoms with Crippen LogP contribution in [-0.2, 0) is 21.4 Å². The van der Waals surface area contributed by atoms with Crippen LogP contribution in [0.4, 0.5) is 0 Å². The predicted molar refractivity (Wildman–Crippen MR) is 84.6 cm³/mol. The van der Waals surface area contributed by atoms with Crippen LogP contribution in [-0.4, -0.2) is 48.4 Å². The summed E-state index contributed by atoms with van der Waals surface area (Å²) in [7, 11) is -3.13. The maximum absolute atomic E-state index is 12.3. The largest absolute Gasteiger partial charge is 0.333 e. The zero-order valence-electron chi connectivity index (χ0n) is 12.9. The number of hydrogen-bond acceptors (Lipinski definition) is 3. The van der Waals surface area contributed by atoms with Crippen molar-refractivity contribution in [2.45, 2.75) is 37.8 Å². The number of hydrogen-bond donors (Lipinski definition) is 0. The third kappa shape index (κ3) is 2.90. The number of rotatable bonds is 3. The first kappa shape index (κ1) is 15.5. The molecule has 2 fully saturated rings. The first-order valence-electron chi connectivity index (χ1n) is 7.70. The van der Waals surface area contributed by atoms with Crippen molar-refractivity contribution < 1.29 is 13.2 Å². The highest BCUT2D eigenvalue weighted by atomic mass is 32.2. The van der Waals surface area contributed by atoms with Gasteiger partial charge in [0.05, 0.1) is 6.26 Å². The minimum Gasteiger partial charge on any atom is -0.333 e. The number of carbonyl (C=O) groups excluding carboxylic acids is 1. The third-order valence-corrected chi connectivity index (χ3v) is 6.29. The number of carbonyl (C=O) groups is 1. The summed E-state index contributed by atoms with van der Waals surface area (Å²) >= 11 is 0. The van der Waals surface area contributed by atoms with E-state index < -0.39 is 10.0 Å². The van der Waals surface area contributed by atoms with Crippen molar-refractivity contribution in [2.24, 2.45) is 0 Å². The third-order valence-electron chi connectivity index (χ3n) is 4.98. The number of likely N-dealkylation sites (tertiary alicyclic amines) is 1. The minimum absolute atomic E-state index is 0.159. The lowest BCUT2D eigenvalue weighted by atomic mass is 9.85. The molecule has 22 heavy (non-hydrogen) atoms. The number of amides is 1. The van der Waals surface area contributed by atoms with Gasteiger partial charge in [-0.3, -0.25) is 4.79 Å². The quantitative estimate of drug-likeness (QED) is 0.849. The molecule has 0 N–H and O–H groups in total. The Balaban J connectivity index is 1.77. The Morgan fingerprint density at radius 3 is 2.32 bits per heavy atom. The fourth-order valence-corrected chi connectivity index (χ4v) is 4.50. The molecule has 3 rings (SSSR count). The van der Waals surface area contributed by atoms with Crippen molar-refractivity contribution in [3.05, 3.63) is 35.9 Å². The highest BCUT2D eigenvalue weighted by Crippen LogP contribution is 2.40. The van der Waals surface area contributed by atoms with Gasteiger partial charge in [0.2, 0.25) is 15.9 Å². The van der Waals surface area contributed by atoms with Crippen LogP contribution in [0.2, 0.25) is 0 Å². The van der Waals surface area contributed by atoms with Crippen LogP contribution in [0.5, 0.6) is 0 Å². The number of nitrogens with zero attached hydrogens (tertiary/aromatic N) is 2. The van der Waals surface area contributed by atoms with Crippen molar-refractivity contribution in [1.82, 2.24) is 9.21 Å². The van der Waals surface area contributed by atoms with Crippen LogP contribution in [0.3, 0.4) is 0 Å². The van der Waals surface area contributed by atoms with E-state index in [1.54, 1.807) is 0 Å². The van der Waals surface area contributed by atoms with Gasteiger partial charge in [-0.05, 0) is 24.8 Å². The Labute approximate surface area is 132 Å². The van der Waals surface area contributed by atoms with Crippen LogP contribution in [0.15, 0.2) is 30.3 Å². The summed E-state index contributed by atoms with van der Waals surface area (Å²) in [5, 5.41) is 0. The summed E-state index contributed by atoms with van der Waals surface area (Å²) in [4.78, 5) is 14.3. The predicted octanol–water partition coefficient (Wildman–Crippen LogP) is 1.60. The van der Waals surface area contributed by atoms with Gasteiger partial charge in [-0.1, -0.05) is 30.3 Å². The molecule has 2 saturated heterocycles. The SMILES string of the molecule is CS(=O)(=O)N1CCC2(CCC(=O)N2Cc2ccccc2)CC1. The molecule has 0 saturated carbocycles. The van der Waals surface area contributed by atoms with Gasteiger partial charge in [0, 0.05) is 31.6 Å². The van der Waals surface area contributed by atoms with Gasteiger partial charge in [0.25, 0.3) is 0 Å². The van der Waals surface area contributed by atoms with Gasteiger partial charge >= 0.3 is 0 Å². The van der Waals surface area contributed by atoms with Crippen molar-refractivity contribution in [3.63, 3.8) is 0 Å². The fourth-order valence-electron chi connectivity index (χ4n) is 3.65. The Morgan fingerprint density at radius 1 is 1.09 bits per heavy atom. The second kappa shape index (κ2) is 5.66. The lowest BCUT2D eigenvalue weighted by molar-refractivity contribution is -0.133. The average Bonchev–Trinajstić information content (AvgIpc) is 2.78. The van der Waals surface area contributed by atoms with E-state index in [9.17, 15) is 13.2 Å². The second-order valence-corrected chi connectivity index (χ2v) is 8.33. The van der Waals surface area contributed by atoms with Crippen LogP contribution in [0.25, 0.3) is 0 Å². The summed E-state index contributed by atoms with van der Waals surface area (Å²) < 4.78 is 24.9. The molecule has 0 aromatic heterocycles. The van der Waals surface area contributed by atoms with E-state index in [1.165, 1.54) is 10.6 Å². The Morgan fingerprint density at radius 2 is 1.73 bits per heavy atom. The standard InChI is InChI=1S/C16H22N2O3S/c1-22(20,21)17-11-9-16(10-12-17)8-7-15(19)18(16)13-14-5-3-2-4-6-14/h2-6H,7-13H2,1H3. The van der Waals surface area contributed by atoms with Gasteiger partial charge in [-0.15, -0.1) is 0 Å². The van der Waals surface area contributed by atoms with Crippen LogP contribution in [0, 0.1) is 0 Å². The van der Waals surface area contributed by atoms with Crippen LogP contribution in [0.1, 0.15) is 31.2 Å². The zero-order valence-corrected chi connectivity index (χ0v) is 13.7. The Kier molecular flexibility index (Phi) is 3.99. The van der Waals surface area contributed by atoms with Gasteiger partial charge < -0.3 is 4.90 Å². The first-order valence-corrected chi connectivity index (χ1v) is 9.55. The Hall–Kier alpha value is -1.40. The lowest BCUT2D eigenvalue weighted by Gasteiger charge is -2.44. The molecule has 5 nitrogen and oxygen atoms in total. The number of piperidine rings is 1. The molecule has 120 valence electrons. The van der Waals surface area contributed by atoms with Crippen molar-refractivity contribution in [3.8, 4) is 0 Å². The van der Waals surface area contributed by atoms with Crippen molar-refractivity contribution >= 4 is 15.9 Å². The molecule has 2 aliphatic heterocycles. The zero-order chi connectivity index (χ0) is 15.8. The smallest absolute Gasteiger partial charge is 0.223 e. The van der Waals surface area contributed by atoms with Gasteiger partial charge in [0.1, 0.15) is 0 Å². The van der Waals surface area contributed by atoms with Crippen LogP contribution >= 0.6 is 0 Å². The normalized spacial score (nSPS) is 22.4. The molecule has 1 amide bonds. The first-order chi connectivity index (χ1) is 10.4. The molecule has 0 aliphatic carbocycles. The monoisotopic (exact) mass is 322 g/mol. The van der Waals surface area contributed by atoms with Gasteiger partial charge in [-0.2, -0.15) is 0 Å². The molecular formula is C16H22N2O3S. The molecule has 1 aromatic rings. The van der Waals surface area contributed by atoms with Crippen LogP contribution < -0.4 is 0 Å². The molecule has 2 heterocycles. The molecule has 2 aliphatic rings. The molecule has 0 bridgehead atoms. The second-order valence-electron chi connectivity index (χ2n) is 6.35. The summed E-state index contributed by atoms with van der Waals surface area (Å²) in [6.07, 6.45) is 4.14. The van der Waals surface area contributed by atoms with E-state index in [1.807, 2.05) is 35.2 Å². The van der Waals surface area contributed by atoms with Crippen molar-refractivity contribution in [2.75, 3.05) is 19.3 Å². The Bertz CT molecular complexity index is 649. The molecule has 0 atom stereocenters. The summed E-state index contributed by atoms with van der Waals surface area (Å²) in [5.74, 6) is 0.191. The summed E-state index contributed by atoms with van der Waals surface area (Å²) in [6.45, 7) is 1.65. The summed E-state index contributed by atoms with van der Waals surface area (Å²) in [5.41, 5.74) is 0.969. The highest BCUT2D eigenvalue weighted by molar-refractivity contribution is 7.88. The molecule has 1 spiro atoms. The molecule has 0 unspecified atom stereocenters. The van der Waals surface area contributed by atoms with E-state index in [0.29, 0.717) is 26.1 Å². The van der Waals surface area contributed by atoms with E-state index in [-0.39, 0.29) is 11.4 Å².